The van der Waals surface area contributed by atoms with Crippen molar-refractivity contribution in [2.75, 3.05) is 19.3 Å². The third kappa shape index (κ3) is 7.09. The molecule has 0 heterocycles. The Bertz CT molecular complexity index is 873. The maximum atomic E-state index is 11.7. The van der Waals surface area contributed by atoms with Crippen molar-refractivity contribution >= 4 is 15.9 Å². The van der Waals surface area contributed by atoms with Gasteiger partial charge >= 0.3 is 0 Å². The Morgan fingerprint density at radius 1 is 0.929 bits per heavy atom. The van der Waals surface area contributed by atoms with E-state index < -0.39 is 10.0 Å². The van der Waals surface area contributed by atoms with Gasteiger partial charge in [-0.15, -0.1) is 0 Å². The molecule has 0 bridgehead atoms. The molecule has 152 valence electrons. The summed E-state index contributed by atoms with van der Waals surface area (Å²) in [5.74, 6) is 0.330. The standard InChI is InChI=1S/C22H30N2O3S/c1-16(2)22(25)23-15-17(3)19-9-11-21(12-10-19)20-7-5-18(6-8-20)13-14-24-28(4,26)27/h5-12,16-17,24H,13-15H2,1-4H3,(H,23,25). The van der Waals surface area contributed by atoms with E-state index in [2.05, 4.69) is 53.4 Å². The van der Waals surface area contributed by atoms with Gasteiger partial charge in [-0.2, -0.15) is 0 Å². The van der Waals surface area contributed by atoms with Crippen LogP contribution in [0.3, 0.4) is 0 Å². The first kappa shape index (κ1) is 22.1. The Morgan fingerprint density at radius 2 is 1.46 bits per heavy atom. The summed E-state index contributed by atoms with van der Waals surface area (Å²) in [6.45, 7) is 6.92. The zero-order chi connectivity index (χ0) is 20.7. The fraction of sp³-hybridized carbons (Fsp3) is 0.409. The average Bonchev–Trinajstić information content (AvgIpc) is 2.65. The van der Waals surface area contributed by atoms with Gasteiger partial charge in [-0.1, -0.05) is 69.3 Å². The molecular formula is C22H30N2O3S. The molecule has 1 unspecified atom stereocenters. The number of rotatable bonds is 9. The number of amides is 1. The normalized spacial score (nSPS) is 12.8. The zero-order valence-corrected chi connectivity index (χ0v) is 17.8. The fourth-order valence-electron chi connectivity index (χ4n) is 2.82. The van der Waals surface area contributed by atoms with Crippen molar-refractivity contribution in [1.82, 2.24) is 10.0 Å². The van der Waals surface area contributed by atoms with E-state index in [9.17, 15) is 13.2 Å². The highest BCUT2D eigenvalue weighted by Gasteiger charge is 2.10. The van der Waals surface area contributed by atoms with Gasteiger partial charge in [-0.05, 0) is 34.6 Å². The van der Waals surface area contributed by atoms with Crippen molar-refractivity contribution in [3.63, 3.8) is 0 Å². The molecule has 0 aromatic heterocycles. The predicted octanol–water partition coefficient (Wildman–Crippen LogP) is 3.32. The molecule has 0 saturated heterocycles. The minimum absolute atomic E-state index is 0.000274. The summed E-state index contributed by atoms with van der Waals surface area (Å²) in [5.41, 5.74) is 4.53. The molecule has 0 fully saturated rings. The van der Waals surface area contributed by atoms with Gasteiger partial charge in [0.1, 0.15) is 0 Å². The van der Waals surface area contributed by atoms with E-state index in [1.807, 2.05) is 26.0 Å². The van der Waals surface area contributed by atoms with Crippen molar-refractivity contribution < 1.29 is 13.2 Å². The molecule has 2 aromatic carbocycles. The Hall–Kier alpha value is -2.18. The van der Waals surface area contributed by atoms with Gasteiger partial charge in [-0.25, -0.2) is 13.1 Å². The van der Waals surface area contributed by atoms with E-state index >= 15 is 0 Å². The summed E-state index contributed by atoms with van der Waals surface area (Å²) in [5, 5.41) is 2.98. The Balaban J connectivity index is 1.94. The zero-order valence-electron chi connectivity index (χ0n) is 17.0. The molecular weight excluding hydrogens is 372 g/mol. The molecule has 0 aliphatic rings. The lowest BCUT2D eigenvalue weighted by Gasteiger charge is -2.15. The van der Waals surface area contributed by atoms with E-state index in [0.717, 1.165) is 16.7 Å². The van der Waals surface area contributed by atoms with Crippen LogP contribution in [0.25, 0.3) is 11.1 Å². The molecule has 1 amide bonds. The van der Waals surface area contributed by atoms with Gasteiger partial charge in [-0.3, -0.25) is 4.79 Å². The second kappa shape index (κ2) is 9.85. The summed E-state index contributed by atoms with van der Waals surface area (Å²) in [4.78, 5) is 11.7. The lowest BCUT2D eigenvalue weighted by molar-refractivity contribution is -0.124. The van der Waals surface area contributed by atoms with E-state index in [0.29, 0.717) is 19.5 Å². The Kier molecular flexibility index (Phi) is 7.78. The van der Waals surface area contributed by atoms with Crippen LogP contribution in [0.1, 0.15) is 37.8 Å². The summed E-state index contributed by atoms with van der Waals surface area (Å²) >= 11 is 0. The molecule has 0 aliphatic carbocycles. The van der Waals surface area contributed by atoms with Crippen LogP contribution in [0.15, 0.2) is 48.5 Å². The Morgan fingerprint density at radius 3 is 1.96 bits per heavy atom. The van der Waals surface area contributed by atoms with Gasteiger partial charge in [0.05, 0.1) is 6.26 Å². The molecule has 6 heteroatoms. The third-order valence-corrected chi connectivity index (χ3v) is 5.38. The molecule has 2 aromatic rings. The van der Waals surface area contributed by atoms with Crippen LogP contribution in [0, 0.1) is 5.92 Å². The molecule has 2 N–H and O–H groups in total. The summed E-state index contributed by atoms with van der Waals surface area (Å²) < 4.78 is 24.7. The van der Waals surface area contributed by atoms with Crippen molar-refractivity contribution in [2.45, 2.75) is 33.1 Å². The van der Waals surface area contributed by atoms with E-state index in [1.54, 1.807) is 0 Å². The topological polar surface area (TPSA) is 75.3 Å². The molecule has 0 spiro atoms. The van der Waals surface area contributed by atoms with Crippen LogP contribution in [-0.2, 0) is 21.2 Å². The van der Waals surface area contributed by atoms with Crippen LogP contribution in [0.2, 0.25) is 0 Å². The summed E-state index contributed by atoms with van der Waals surface area (Å²) in [6.07, 6.45) is 1.82. The van der Waals surface area contributed by atoms with Crippen LogP contribution in [-0.4, -0.2) is 33.7 Å². The van der Waals surface area contributed by atoms with Crippen LogP contribution in [0.5, 0.6) is 0 Å². The first-order chi connectivity index (χ1) is 13.2. The maximum Gasteiger partial charge on any atom is 0.222 e. The molecule has 28 heavy (non-hydrogen) atoms. The highest BCUT2D eigenvalue weighted by Crippen LogP contribution is 2.23. The minimum Gasteiger partial charge on any atom is -0.355 e. The molecule has 0 saturated carbocycles. The number of nitrogens with one attached hydrogen (secondary N) is 2. The second-order valence-electron chi connectivity index (χ2n) is 7.54. The quantitative estimate of drug-likeness (QED) is 0.676. The molecule has 5 nitrogen and oxygen atoms in total. The Labute approximate surface area is 168 Å². The predicted molar refractivity (Wildman–Crippen MR) is 115 cm³/mol. The van der Waals surface area contributed by atoms with Gasteiger partial charge in [0.25, 0.3) is 0 Å². The van der Waals surface area contributed by atoms with Gasteiger partial charge < -0.3 is 5.32 Å². The smallest absolute Gasteiger partial charge is 0.222 e. The average molecular weight is 403 g/mol. The van der Waals surface area contributed by atoms with Crippen LogP contribution < -0.4 is 10.0 Å². The first-order valence-corrected chi connectivity index (χ1v) is 11.5. The highest BCUT2D eigenvalue weighted by atomic mass is 32.2. The number of carbonyl (C=O) groups is 1. The number of hydrogen-bond donors (Lipinski definition) is 2. The lowest BCUT2D eigenvalue weighted by Crippen LogP contribution is -2.30. The van der Waals surface area contributed by atoms with Gasteiger partial charge in [0.15, 0.2) is 0 Å². The number of hydrogen-bond acceptors (Lipinski definition) is 3. The van der Waals surface area contributed by atoms with Crippen molar-refractivity contribution in [3.8, 4) is 11.1 Å². The third-order valence-electron chi connectivity index (χ3n) is 4.65. The van der Waals surface area contributed by atoms with Crippen LogP contribution in [0.4, 0.5) is 0 Å². The molecule has 1 atom stereocenters. The SMILES string of the molecule is CC(C)C(=O)NCC(C)c1ccc(-c2ccc(CCNS(C)(=O)=O)cc2)cc1. The molecule has 0 aliphatic heterocycles. The second-order valence-corrected chi connectivity index (χ2v) is 9.37. The van der Waals surface area contributed by atoms with E-state index in [4.69, 9.17) is 0 Å². The van der Waals surface area contributed by atoms with Gasteiger partial charge in [0.2, 0.25) is 15.9 Å². The van der Waals surface area contributed by atoms with E-state index in [-0.39, 0.29) is 17.7 Å². The fourth-order valence-corrected chi connectivity index (χ4v) is 3.30. The molecule has 0 radical (unpaired) electrons. The number of carbonyl (C=O) groups excluding carboxylic acids is 1. The van der Waals surface area contributed by atoms with Gasteiger partial charge in [0, 0.05) is 19.0 Å². The largest absolute Gasteiger partial charge is 0.355 e. The number of benzene rings is 2. The summed E-state index contributed by atoms with van der Waals surface area (Å²) in [6, 6.07) is 16.5. The van der Waals surface area contributed by atoms with Crippen LogP contribution >= 0.6 is 0 Å². The van der Waals surface area contributed by atoms with Crippen molar-refractivity contribution in [1.29, 1.82) is 0 Å². The van der Waals surface area contributed by atoms with E-state index in [1.165, 1.54) is 11.8 Å². The highest BCUT2D eigenvalue weighted by molar-refractivity contribution is 7.88. The minimum atomic E-state index is -3.14. The maximum absolute atomic E-state index is 11.7. The lowest BCUT2D eigenvalue weighted by atomic mass is 9.96. The first-order valence-electron chi connectivity index (χ1n) is 9.57. The van der Waals surface area contributed by atoms with Crippen molar-refractivity contribution in [2.24, 2.45) is 5.92 Å². The molecule has 2 rings (SSSR count). The van der Waals surface area contributed by atoms with Crippen molar-refractivity contribution in [3.05, 3.63) is 59.7 Å². The number of sulfonamides is 1. The monoisotopic (exact) mass is 402 g/mol. The summed E-state index contributed by atoms with van der Waals surface area (Å²) in [7, 11) is -3.14.